The van der Waals surface area contributed by atoms with Crippen molar-refractivity contribution in [3.8, 4) is 0 Å². The van der Waals surface area contributed by atoms with E-state index in [2.05, 4.69) is 131 Å². The Bertz CT molecular complexity index is 457. The SMILES string of the molecule is C[Si]1(C)[Si](C)(C)[Si](C)(C)[Si](C)(C)[Si](C)(C)[Si](C)(C)[Si](C)(C)[Si](C)(C)[Si](C)(C)[Si]1(C)C. The van der Waals surface area contributed by atoms with Crippen LogP contribution >= 0.6 is 0 Å². The lowest BCUT2D eigenvalue weighted by molar-refractivity contribution is 1.71. The lowest BCUT2D eigenvalue weighted by Crippen LogP contribution is -3.00. The van der Waals surface area contributed by atoms with E-state index in [9.17, 15) is 0 Å². The fraction of sp³-hybridized carbons (Fsp3) is 1.00. The van der Waals surface area contributed by atoms with E-state index in [1.165, 1.54) is 0 Å². The fourth-order valence-electron chi connectivity index (χ4n) is 7.81. The molecule has 0 spiro atoms. The van der Waals surface area contributed by atoms with Crippen molar-refractivity contribution < 1.29 is 0 Å². The van der Waals surface area contributed by atoms with Gasteiger partial charge in [0.1, 0.15) is 0 Å². The molecule has 0 unspecified atom stereocenters. The van der Waals surface area contributed by atoms with Gasteiger partial charge in [0, 0.05) is 71.1 Å². The smallest absolute Gasteiger partial charge is 0.0307 e. The summed E-state index contributed by atoms with van der Waals surface area (Å²) in [7, 11) is -12.7. The predicted molar refractivity (Wildman–Crippen MR) is 175 cm³/mol. The molecular formula is C20H60Si10. The molecule has 10 heteroatoms. The van der Waals surface area contributed by atoms with Crippen molar-refractivity contribution in [1.29, 1.82) is 0 Å². The molecule has 30 heavy (non-hydrogen) atoms. The minimum atomic E-state index is -1.27. The maximum absolute atomic E-state index is 2.98. The van der Waals surface area contributed by atoms with E-state index in [1.807, 2.05) is 0 Å². The van der Waals surface area contributed by atoms with Gasteiger partial charge >= 0.3 is 0 Å². The molecule has 0 atom stereocenters. The van der Waals surface area contributed by atoms with Crippen molar-refractivity contribution in [2.24, 2.45) is 0 Å². The van der Waals surface area contributed by atoms with Crippen molar-refractivity contribution in [3.05, 3.63) is 0 Å². The molecule has 0 saturated carbocycles. The van der Waals surface area contributed by atoms with Gasteiger partial charge in [0.2, 0.25) is 0 Å². The molecule has 1 aliphatic heterocycles. The van der Waals surface area contributed by atoms with Gasteiger partial charge in [-0.2, -0.15) is 0 Å². The largest absolute Gasteiger partial charge is 0.0735 e. The highest BCUT2D eigenvalue weighted by Crippen LogP contribution is 2.52. The van der Waals surface area contributed by atoms with Gasteiger partial charge in [-0.1, -0.05) is 131 Å². The number of hydrogen-bond acceptors (Lipinski definition) is 0. The molecular weight excluding hydrogens is 521 g/mol. The van der Waals surface area contributed by atoms with Crippen molar-refractivity contribution in [2.45, 2.75) is 131 Å². The van der Waals surface area contributed by atoms with E-state index in [4.69, 9.17) is 0 Å². The molecule has 0 aromatic heterocycles. The summed E-state index contributed by atoms with van der Waals surface area (Å²) >= 11 is 0. The second-order valence-corrected chi connectivity index (χ2v) is 139. The Balaban J connectivity index is 4.35. The molecule has 0 aromatic carbocycles. The van der Waals surface area contributed by atoms with E-state index in [-0.39, 0.29) is 0 Å². The summed E-state index contributed by atoms with van der Waals surface area (Å²) < 4.78 is 0. The van der Waals surface area contributed by atoms with Crippen molar-refractivity contribution in [1.82, 2.24) is 0 Å². The van der Waals surface area contributed by atoms with Crippen LogP contribution in [0.25, 0.3) is 0 Å². The van der Waals surface area contributed by atoms with Gasteiger partial charge < -0.3 is 0 Å². The summed E-state index contributed by atoms with van der Waals surface area (Å²) in [5.74, 6) is 0. The van der Waals surface area contributed by atoms with Gasteiger partial charge in [-0.25, -0.2) is 0 Å². The first-order chi connectivity index (χ1) is 12.5. The van der Waals surface area contributed by atoms with Gasteiger partial charge in [-0.3, -0.25) is 0 Å². The van der Waals surface area contributed by atoms with Crippen LogP contribution in [0.2, 0.25) is 131 Å². The second kappa shape index (κ2) is 7.34. The minimum absolute atomic E-state index is 1.27. The molecule has 0 N–H and O–H groups in total. The molecule has 1 rings (SSSR count). The number of rotatable bonds is 0. The maximum Gasteiger partial charge on any atom is 0.0307 e. The molecule has 0 aliphatic carbocycles. The van der Waals surface area contributed by atoms with E-state index < -0.39 is 71.1 Å². The van der Waals surface area contributed by atoms with Gasteiger partial charge in [0.25, 0.3) is 0 Å². The highest BCUT2D eigenvalue weighted by molar-refractivity contribution is 8.14. The Morgan fingerprint density at radius 3 is 0.200 bits per heavy atom. The Kier molecular flexibility index (Phi) is 7.39. The van der Waals surface area contributed by atoms with Crippen molar-refractivity contribution in [3.63, 3.8) is 0 Å². The Morgan fingerprint density at radius 2 is 0.167 bits per heavy atom. The average Bonchev–Trinajstić information content (AvgIpc) is 2.51. The molecule has 180 valence electrons. The molecule has 0 nitrogen and oxygen atoms in total. The first kappa shape index (κ1) is 30.2. The zero-order chi connectivity index (χ0) is 25.0. The molecule has 1 fully saturated rings. The van der Waals surface area contributed by atoms with E-state index in [0.717, 1.165) is 0 Å². The molecule has 0 bridgehead atoms. The lowest BCUT2D eigenvalue weighted by Gasteiger charge is -2.72. The maximum atomic E-state index is 2.98. The first-order valence-corrected chi connectivity index (χ1v) is 52.5. The quantitative estimate of drug-likeness (QED) is 0.256. The zero-order valence-corrected chi connectivity index (χ0v) is 35.0. The summed E-state index contributed by atoms with van der Waals surface area (Å²) in [4.78, 5) is 0. The van der Waals surface area contributed by atoms with E-state index >= 15 is 0 Å². The summed E-state index contributed by atoms with van der Waals surface area (Å²) in [6.45, 7) is 59.7. The van der Waals surface area contributed by atoms with Crippen LogP contribution in [0.15, 0.2) is 0 Å². The van der Waals surface area contributed by atoms with Crippen molar-refractivity contribution >= 4 is 71.1 Å². The second-order valence-electron chi connectivity index (χ2n) is 16.2. The fourth-order valence-corrected chi connectivity index (χ4v) is 413. The lowest BCUT2D eigenvalue weighted by atomic mass is 11.9. The Morgan fingerprint density at radius 1 is 0.133 bits per heavy atom. The van der Waals surface area contributed by atoms with Gasteiger partial charge in [-0.15, -0.1) is 0 Å². The molecule has 1 heterocycles. The molecule has 0 amide bonds. The molecule has 1 saturated heterocycles. The number of hydrogen-bond donors (Lipinski definition) is 0. The highest BCUT2D eigenvalue weighted by Gasteiger charge is 2.76. The third kappa shape index (κ3) is 3.02. The van der Waals surface area contributed by atoms with Gasteiger partial charge in [0.15, 0.2) is 0 Å². The molecule has 0 aromatic rings. The molecule has 1 aliphatic rings. The standard InChI is InChI=1S/C20H60Si10/c1-21(2)22(3,4)24(7,8)26(11,12)28(15,16)30(19,20)29(17,18)27(13,14)25(9,10)23(21,5)6/h1-20H3. The summed E-state index contributed by atoms with van der Waals surface area (Å²) in [6, 6.07) is 0. The monoisotopic (exact) mass is 580 g/mol. The van der Waals surface area contributed by atoms with Crippen molar-refractivity contribution in [2.75, 3.05) is 0 Å². The topological polar surface area (TPSA) is 0 Å². The van der Waals surface area contributed by atoms with Crippen LogP contribution < -0.4 is 0 Å². The third-order valence-electron chi connectivity index (χ3n) is 15.6. The Labute approximate surface area is 200 Å². The van der Waals surface area contributed by atoms with E-state index in [1.54, 1.807) is 0 Å². The zero-order valence-electron chi connectivity index (χ0n) is 25.0. The normalized spacial score (nSPS) is 34.0. The summed E-state index contributed by atoms with van der Waals surface area (Å²) in [5.41, 5.74) is 0. The van der Waals surface area contributed by atoms with Crippen LogP contribution in [0.3, 0.4) is 0 Å². The minimum Gasteiger partial charge on any atom is -0.0735 e. The summed E-state index contributed by atoms with van der Waals surface area (Å²) in [5, 5.41) is 0. The highest BCUT2D eigenvalue weighted by atomic mass is 30.2. The van der Waals surface area contributed by atoms with Crippen LogP contribution in [0.1, 0.15) is 0 Å². The molecule has 0 radical (unpaired) electrons. The average molecular weight is 582 g/mol. The van der Waals surface area contributed by atoms with Gasteiger partial charge in [-0.05, 0) is 0 Å². The summed E-state index contributed by atoms with van der Waals surface area (Å²) in [6.07, 6.45) is 0. The van der Waals surface area contributed by atoms with Crippen LogP contribution in [0, 0.1) is 0 Å². The van der Waals surface area contributed by atoms with Crippen LogP contribution in [-0.2, 0) is 0 Å². The van der Waals surface area contributed by atoms with Gasteiger partial charge in [0.05, 0.1) is 0 Å². The van der Waals surface area contributed by atoms with Crippen LogP contribution in [0.4, 0.5) is 0 Å². The Hall–Kier alpha value is 2.17. The predicted octanol–water partition coefficient (Wildman–Crippen LogP) is 7.87. The first-order valence-electron chi connectivity index (χ1n) is 12.5. The van der Waals surface area contributed by atoms with Crippen LogP contribution in [0.5, 0.6) is 0 Å². The third-order valence-corrected chi connectivity index (χ3v) is 276. The van der Waals surface area contributed by atoms with Crippen LogP contribution in [-0.4, -0.2) is 71.1 Å². The van der Waals surface area contributed by atoms with E-state index in [0.29, 0.717) is 0 Å².